The van der Waals surface area contributed by atoms with Crippen molar-refractivity contribution in [1.82, 2.24) is 15.1 Å². The van der Waals surface area contributed by atoms with Gasteiger partial charge in [0, 0.05) is 17.6 Å². The van der Waals surface area contributed by atoms with Gasteiger partial charge in [-0.25, -0.2) is 0 Å². The predicted octanol–water partition coefficient (Wildman–Crippen LogP) is 2.77. The number of nitriles is 2. The Bertz CT molecular complexity index is 861. The highest BCUT2D eigenvalue weighted by molar-refractivity contribution is 5.97. The molecule has 0 atom stereocenters. The number of nitrogens with one attached hydrogen (secondary N) is 1. The van der Waals surface area contributed by atoms with Gasteiger partial charge >= 0.3 is 0 Å². The van der Waals surface area contributed by atoms with Crippen LogP contribution in [0.5, 0.6) is 0 Å². The zero-order valence-electron chi connectivity index (χ0n) is 13.6. The van der Waals surface area contributed by atoms with Crippen molar-refractivity contribution in [2.75, 3.05) is 0 Å². The molecule has 0 saturated heterocycles. The zero-order chi connectivity index (χ0) is 17.3. The first-order valence-electron chi connectivity index (χ1n) is 7.89. The highest BCUT2D eigenvalue weighted by Crippen LogP contribution is 2.28. The van der Waals surface area contributed by atoms with Gasteiger partial charge in [0.2, 0.25) is 0 Å². The monoisotopic (exact) mass is 319 g/mol. The van der Waals surface area contributed by atoms with Gasteiger partial charge in [-0.1, -0.05) is 12.1 Å². The second-order valence-electron chi connectivity index (χ2n) is 6.16. The van der Waals surface area contributed by atoms with Crippen LogP contribution in [0, 0.1) is 22.7 Å². The average Bonchev–Trinajstić information content (AvgIpc) is 3.30. The van der Waals surface area contributed by atoms with E-state index in [0.29, 0.717) is 22.5 Å². The summed E-state index contributed by atoms with van der Waals surface area (Å²) < 4.78 is 1.60. The van der Waals surface area contributed by atoms with Gasteiger partial charge in [-0.2, -0.15) is 15.6 Å². The topological polar surface area (TPSA) is 94.5 Å². The van der Waals surface area contributed by atoms with Crippen LogP contribution in [0.3, 0.4) is 0 Å². The predicted molar refractivity (Wildman–Crippen MR) is 88.0 cm³/mol. The molecule has 0 spiro atoms. The quantitative estimate of drug-likeness (QED) is 0.937. The Labute approximate surface area is 140 Å². The van der Waals surface area contributed by atoms with E-state index in [2.05, 4.69) is 22.6 Å². The van der Waals surface area contributed by atoms with Crippen LogP contribution in [-0.4, -0.2) is 21.7 Å². The van der Waals surface area contributed by atoms with Gasteiger partial charge in [-0.3, -0.25) is 9.48 Å². The van der Waals surface area contributed by atoms with Crippen molar-refractivity contribution < 1.29 is 4.79 Å². The van der Waals surface area contributed by atoms with Gasteiger partial charge in [0.25, 0.3) is 5.91 Å². The summed E-state index contributed by atoms with van der Waals surface area (Å²) in [6.45, 7) is 3.84. The number of amides is 1. The number of hydrogen-bond acceptors (Lipinski definition) is 4. The SMILES string of the molecule is CC(C)n1nc(-c2ccc(C#N)cc2)c(C#N)c1C(=O)NC1CC1. The molecule has 0 unspecified atom stereocenters. The average molecular weight is 319 g/mol. The maximum Gasteiger partial charge on any atom is 0.271 e. The molecule has 0 aliphatic heterocycles. The normalized spacial score (nSPS) is 13.4. The minimum atomic E-state index is -0.254. The van der Waals surface area contributed by atoms with Crippen LogP contribution >= 0.6 is 0 Å². The second-order valence-corrected chi connectivity index (χ2v) is 6.16. The Morgan fingerprint density at radius 1 is 1.25 bits per heavy atom. The molecule has 1 fully saturated rings. The van der Waals surface area contributed by atoms with Gasteiger partial charge < -0.3 is 5.32 Å². The molecule has 6 nitrogen and oxygen atoms in total. The number of carbonyl (C=O) groups is 1. The van der Waals surface area contributed by atoms with E-state index in [-0.39, 0.29) is 23.6 Å². The number of carbonyl (C=O) groups excluding carboxylic acids is 1. The number of aromatic nitrogens is 2. The Balaban J connectivity index is 2.10. The van der Waals surface area contributed by atoms with E-state index in [0.717, 1.165) is 12.8 Å². The zero-order valence-corrected chi connectivity index (χ0v) is 13.6. The maximum absolute atomic E-state index is 12.6. The molecule has 1 saturated carbocycles. The summed E-state index contributed by atoms with van der Waals surface area (Å²) in [5.41, 5.74) is 2.29. The Hall–Kier alpha value is -3.12. The fraction of sp³-hybridized carbons (Fsp3) is 0.333. The van der Waals surface area contributed by atoms with Crippen molar-refractivity contribution >= 4 is 5.91 Å². The lowest BCUT2D eigenvalue weighted by Crippen LogP contribution is -2.29. The van der Waals surface area contributed by atoms with E-state index in [1.54, 1.807) is 28.9 Å². The second kappa shape index (κ2) is 6.17. The first-order valence-corrected chi connectivity index (χ1v) is 7.89. The Morgan fingerprint density at radius 2 is 1.92 bits per heavy atom. The van der Waals surface area contributed by atoms with Crippen molar-refractivity contribution in [3.63, 3.8) is 0 Å². The van der Waals surface area contributed by atoms with Gasteiger partial charge in [-0.05, 0) is 38.8 Å². The van der Waals surface area contributed by atoms with E-state index in [9.17, 15) is 10.1 Å². The third kappa shape index (κ3) is 2.87. The molecule has 1 heterocycles. The molecule has 0 bridgehead atoms. The molecule has 24 heavy (non-hydrogen) atoms. The summed E-state index contributed by atoms with van der Waals surface area (Å²) in [6.07, 6.45) is 1.96. The third-order valence-electron chi connectivity index (χ3n) is 3.93. The Morgan fingerprint density at radius 3 is 2.42 bits per heavy atom. The van der Waals surface area contributed by atoms with E-state index >= 15 is 0 Å². The lowest BCUT2D eigenvalue weighted by molar-refractivity contribution is 0.0938. The van der Waals surface area contributed by atoms with Gasteiger partial charge in [0.1, 0.15) is 23.0 Å². The van der Waals surface area contributed by atoms with E-state index in [1.807, 2.05) is 13.8 Å². The molecule has 1 amide bonds. The molecule has 1 aliphatic carbocycles. The van der Waals surface area contributed by atoms with E-state index in [4.69, 9.17) is 5.26 Å². The van der Waals surface area contributed by atoms with Crippen LogP contribution in [0.25, 0.3) is 11.3 Å². The highest BCUT2D eigenvalue weighted by Gasteiger charge is 2.30. The first-order chi connectivity index (χ1) is 11.5. The van der Waals surface area contributed by atoms with Crippen LogP contribution in [-0.2, 0) is 0 Å². The smallest absolute Gasteiger partial charge is 0.271 e. The lowest BCUT2D eigenvalue weighted by atomic mass is 10.0. The van der Waals surface area contributed by atoms with Gasteiger partial charge in [0.15, 0.2) is 0 Å². The minimum Gasteiger partial charge on any atom is -0.348 e. The van der Waals surface area contributed by atoms with Crippen molar-refractivity contribution in [3.05, 3.63) is 41.1 Å². The van der Waals surface area contributed by atoms with Crippen molar-refractivity contribution in [1.29, 1.82) is 10.5 Å². The highest BCUT2D eigenvalue weighted by atomic mass is 16.2. The number of benzene rings is 1. The fourth-order valence-electron chi connectivity index (χ4n) is 2.52. The molecule has 1 aromatic carbocycles. The van der Waals surface area contributed by atoms with Crippen molar-refractivity contribution in [2.24, 2.45) is 0 Å². The molecule has 1 N–H and O–H groups in total. The van der Waals surface area contributed by atoms with Crippen molar-refractivity contribution in [3.8, 4) is 23.4 Å². The standard InChI is InChI=1S/C18H17N5O/c1-11(2)23-17(18(24)21-14-7-8-14)15(10-20)16(22-23)13-5-3-12(9-19)4-6-13/h3-6,11,14H,7-8H2,1-2H3,(H,21,24). The van der Waals surface area contributed by atoms with Crippen LogP contribution in [0.2, 0.25) is 0 Å². The number of rotatable bonds is 4. The lowest BCUT2D eigenvalue weighted by Gasteiger charge is -2.10. The van der Waals surface area contributed by atoms with E-state index < -0.39 is 0 Å². The largest absolute Gasteiger partial charge is 0.348 e. The third-order valence-corrected chi connectivity index (χ3v) is 3.93. The molecule has 6 heteroatoms. The Kier molecular flexibility index (Phi) is 4.05. The van der Waals surface area contributed by atoms with Crippen molar-refractivity contribution in [2.45, 2.75) is 38.8 Å². The summed E-state index contributed by atoms with van der Waals surface area (Å²) in [4.78, 5) is 12.6. The van der Waals surface area contributed by atoms with Crippen LogP contribution in [0.15, 0.2) is 24.3 Å². The van der Waals surface area contributed by atoms with Gasteiger partial charge in [0.05, 0.1) is 11.6 Å². The molecule has 1 aliphatic rings. The van der Waals surface area contributed by atoms with Crippen LogP contribution in [0.1, 0.15) is 54.3 Å². The van der Waals surface area contributed by atoms with E-state index in [1.165, 1.54) is 0 Å². The summed E-state index contributed by atoms with van der Waals surface area (Å²) in [5.74, 6) is -0.254. The summed E-state index contributed by atoms with van der Waals surface area (Å²) >= 11 is 0. The fourth-order valence-corrected chi connectivity index (χ4v) is 2.52. The minimum absolute atomic E-state index is 0.0517. The van der Waals surface area contributed by atoms with Crippen LogP contribution in [0.4, 0.5) is 0 Å². The number of nitrogens with zero attached hydrogens (tertiary/aromatic N) is 4. The van der Waals surface area contributed by atoms with Crippen LogP contribution < -0.4 is 5.32 Å². The summed E-state index contributed by atoms with van der Waals surface area (Å²) in [7, 11) is 0. The summed E-state index contributed by atoms with van der Waals surface area (Å²) in [5, 5.41) is 26.0. The maximum atomic E-state index is 12.6. The molecule has 3 rings (SSSR count). The molecule has 1 aromatic heterocycles. The molecule has 120 valence electrons. The molecule has 2 aromatic rings. The van der Waals surface area contributed by atoms with Gasteiger partial charge in [-0.15, -0.1) is 0 Å². The molecule has 0 radical (unpaired) electrons. The number of hydrogen-bond donors (Lipinski definition) is 1. The molecular weight excluding hydrogens is 302 g/mol. The first kappa shape index (κ1) is 15.8. The molecular formula is C18H17N5O. The summed E-state index contributed by atoms with van der Waals surface area (Å²) in [6, 6.07) is 11.2.